The summed E-state index contributed by atoms with van der Waals surface area (Å²) < 4.78 is 27.7. The predicted molar refractivity (Wildman–Crippen MR) is 112 cm³/mol. The van der Waals surface area contributed by atoms with Gasteiger partial charge in [-0.1, -0.05) is 11.6 Å². The number of piperidine rings is 1. The molecule has 2 fully saturated rings. The van der Waals surface area contributed by atoms with E-state index in [1.807, 2.05) is 0 Å². The molecule has 0 radical (unpaired) electrons. The van der Waals surface area contributed by atoms with E-state index in [0.29, 0.717) is 35.1 Å². The van der Waals surface area contributed by atoms with Gasteiger partial charge in [-0.3, -0.25) is 9.59 Å². The molecule has 0 unspecified atom stereocenters. The number of rotatable bonds is 7. The van der Waals surface area contributed by atoms with Crippen LogP contribution >= 0.6 is 22.9 Å². The van der Waals surface area contributed by atoms with Gasteiger partial charge in [-0.15, -0.1) is 11.3 Å². The fourth-order valence-corrected chi connectivity index (χ4v) is 5.70. The zero-order valence-electron chi connectivity index (χ0n) is 15.8. The van der Waals surface area contributed by atoms with Gasteiger partial charge < -0.3 is 14.9 Å². The first kappa shape index (κ1) is 22.2. The van der Waals surface area contributed by atoms with Gasteiger partial charge in [-0.2, -0.15) is 4.72 Å². The number of carbonyl (C=O) groups is 2. The summed E-state index contributed by atoms with van der Waals surface area (Å²) in [5.74, 6) is -0.617. The van der Waals surface area contributed by atoms with Crippen LogP contribution in [0, 0.1) is 0 Å². The van der Waals surface area contributed by atoms with Crippen molar-refractivity contribution in [3.63, 3.8) is 0 Å². The fraction of sp³-hybridized carbons (Fsp3) is 0.556. The minimum atomic E-state index is -3.83. The Hall–Kier alpha value is -1.46. The summed E-state index contributed by atoms with van der Waals surface area (Å²) in [6.45, 7) is 0.782. The lowest BCUT2D eigenvalue weighted by Gasteiger charge is -2.33. The van der Waals surface area contributed by atoms with E-state index in [4.69, 9.17) is 11.6 Å². The van der Waals surface area contributed by atoms with Crippen LogP contribution in [0.4, 0.5) is 0 Å². The van der Waals surface area contributed by atoms with E-state index in [9.17, 15) is 23.1 Å². The predicted octanol–water partition coefficient (Wildman–Crippen LogP) is 1.27. The molecule has 2 atom stereocenters. The number of halogens is 1. The number of aliphatic hydroxyl groups is 1. The first-order valence-corrected chi connectivity index (χ1v) is 12.2. The summed E-state index contributed by atoms with van der Waals surface area (Å²) in [4.78, 5) is 29.0. The van der Waals surface area contributed by atoms with Gasteiger partial charge in [-0.05, 0) is 43.9 Å². The van der Waals surface area contributed by atoms with Crippen LogP contribution in [0.3, 0.4) is 0 Å². The largest absolute Gasteiger partial charge is 0.394 e. The van der Waals surface area contributed by atoms with Crippen LogP contribution in [0.15, 0.2) is 17.5 Å². The van der Waals surface area contributed by atoms with Crippen molar-refractivity contribution in [3.8, 4) is 0 Å². The van der Waals surface area contributed by atoms with E-state index in [1.165, 1.54) is 22.3 Å². The number of amides is 2. The Labute approximate surface area is 179 Å². The quantitative estimate of drug-likeness (QED) is 0.635. The molecule has 2 N–H and O–H groups in total. The molecular formula is C18H24ClN3O5S2. The molecule has 1 aromatic rings. The second kappa shape index (κ2) is 9.57. The summed E-state index contributed by atoms with van der Waals surface area (Å²) >= 11 is 7.08. The number of nitrogens with zero attached hydrogens (tertiary/aromatic N) is 2. The summed E-state index contributed by atoms with van der Waals surface area (Å²) in [6, 6.07) is 2.28. The monoisotopic (exact) mass is 461 g/mol. The molecule has 11 heteroatoms. The molecule has 0 bridgehead atoms. The molecule has 3 heterocycles. The van der Waals surface area contributed by atoms with E-state index in [-0.39, 0.29) is 25.1 Å². The Morgan fingerprint density at radius 3 is 2.76 bits per heavy atom. The molecule has 0 aromatic carbocycles. The molecule has 8 nitrogen and oxygen atoms in total. The highest BCUT2D eigenvalue weighted by molar-refractivity contribution is 7.92. The summed E-state index contributed by atoms with van der Waals surface area (Å²) in [6.07, 6.45) is 3.98. The van der Waals surface area contributed by atoms with Gasteiger partial charge in [0.15, 0.2) is 0 Å². The van der Waals surface area contributed by atoms with Crippen LogP contribution in [-0.2, 0) is 19.6 Å². The Morgan fingerprint density at radius 1 is 1.31 bits per heavy atom. The van der Waals surface area contributed by atoms with Crippen molar-refractivity contribution in [2.45, 2.75) is 37.8 Å². The number of sulfonamides is 1. The molecule has 2 aliphatic heterocycles. The Bertz CT molecular complexity index is 886. The van der Waals surface area contributed by atoms with Gasteiger partial charge in [0.2, 0.25) is 21.8 Å². The molecule has 0 saturated carbocycles. The van der Waals surface area contributed by atoms with Gasteiger partial charge in [0.25, 0.3) is 0 Å². The van der Waals surface area contributed by atoms with Crippen molar-refractivity contribution in [3.05, 3.63) is 26.8 Å². The van der Waals surface area contributed by atoms with Crippen LogP contribution in [0.25, 0.3) is 6.08 Å². The van der Waals surface area contributed by atoms with Crippen LogP contribution in [0.5, 0.6) is 0 Å². The van der Waals surface area contributed by atoms with Gasteiger partial charge >= 0.3 is 0 Å². The highest BCUT2D eigenvalue weighted by Crippen LogP contribution is 2.23. The molecule has 1 aromatic heterocycles. The van der Waals surface area contributed by atoms with Crippen LogP contribution < -0.4 is 4.72 Å². The minimum absolute atomic E-state index is 0.0934. The third kappa shape index (κ3) is 5.79. The lowest BCUT2D eigenvalue weighted by atomic mass is 10.1. The van der Waals surface area contributed by atoms with Crippen molar-refractivity contribution in [2.24, 2.45) is 0 Å². The summed E-state index contributed by atoms with van der Waals surface area (Å²) in [7, 11) is -3.83. The summed E-state index contributed by atoms with van der Waals surface area (Å²) in [5.41, 5.74) is 0. The lowest BCUT2D eigenvalue weighted by molar-refractivity contribution is -0.143. The van der Waals surface area contributed by atoms with Crippen LogP contribution in [0.2, 0.25) is 4.34 Å². The molecular weight excluding hydrogens is 438 g/mol. The molecule has 0 aliphatic carbocycles. The maximum Gasteiger partial charge on any atom is 0.242 e. The second-order valence-corrected chi connectivity index (χ2v) is 10.5. The molecule has 160 valence electrons. The molecule has 2 saturated heterocycles. The van der Waals surface area contributed by atoms with Crippen molar-refractivity contribution < 1.29 is 23.1 Å². The van der Waals surface area contributed by atoms with E-state index in [0.717, 1.165) is 18.2 Å². The molecule has 0 spiro atoms. The number of hydrogen-bond donors (Lipinski definition) is 2. The number of likely N-dealkylation sites (tertiary alicyclic amines) is 2. The lowest BCUT2D eigenvalue weighted by Crippen LogP contribution is -2.54. The Kier molecular flexibility index (Phi) is 7.33. The Morgan fingerprint density at radius 2 is 2.07 bits per heavy atom. The second-order valence-electron chi connectivity index (χ2n) is 7.13. The first-order valence-electron chi connectivity index (χ1n) is 9.44. The third-order valence-electron chi connectivity index (χ3n) is 5.08. The number of thiophene rings is 1. The average Bonchev–Trinajstić information content (AvgIpc) is 3.32. The smallest absolute Gasteiger partial charge is 0.242 e. The normalized spacial score (nSPS) is 23.3. The van der Waals surface area contributed by atoms with E-state index < -0.39 is 22.0 Å². The zero-order chi connectivity index (χ0) is 21.0. The van der Waals surface area contributed by atoms with Gasteiger partial charge in [0.1, 0.15) is 6.04 Å². The first-order chi connectivity index (χ1) is 13.8. The summed E-state index contributed by atoms with van der Waals surface area (Å²) in [5, 5.41) is 10.4. The SMILES string of the molecule is O=C1[C@@H](NS(=O)(=O)/C=C/c2ccc(Cl)s2)CCCN1CC(=O)N1CCC[C@@H]1CO. The minimum Gasteiger partial charge on any atom is -0.394 e. The third-order valence-corrected chi connectivity index (χ3v) is 7.38. The Balaban J connectivity index is 1.60. The topological polar surface area (TPSA) is 107 Å². The van der Waals surface area contributed by atoms with E-state index in [1.54, 1.807) is 17.0 Å². The molecule has 2 aliphatic rings. The van der Waals surface area contributed by atoms with Crippen molar-refractivity contribution in [1.29, 1.82) is 0 Å². The zero-order valence-corrected chi connectivity index (χ0v) is 18.2. The molecule has 3 rings (SSSR count). The maximum atomic E-state index is 12.7. The molecule has 29 heavy (non-hydrogen) atoms. The van der Waals surface area contributed by atoms with Crippen molar-refractivity contribution in [2.75, 3.05) is 26.2 Å². The number of nitrogens with one attached hydrogen (secondary N) is 1. The van der Waals surface area contributed by atoms with Gasteiger partial charge in [0.05, 0.1) is 23.5 Å². The number of hydrogen-bond acceptors (Lipinski definition) is 6. The van der Waals surface area contributed by atoms with Gasteiger partial charge in [-0.25, -0.2) is 8.42 Å². The van der Waals surface area contributed by atoms with Crippen LogP contribution in [-0.4, -0.2) is 73.5 Å². The van der Waals surface area contributed by atoms with E-state index in [2.05, 4.69) is 4.72 Å². The fourth-order valence-electron chi connectivity index (χ4n) is 3.63. The van der Waals surface area contributed by atoms with Crippen LogP contribution in [0.1, 0.15) is 30.6 Å². The van der Waals surface area contributed by atoms with E-state index >= 15 is 0 Å². The number of aliphatic hydroxyl groups excluding tert-OH is 1. The highest BCUT2D eigenvalue weighted by atomic mass is 35.5. The standard InChI is InChI=1S/C18H24ClN3O5S2/c19-16-6-5-14(28-16)7-10-29(26,27)20-15-4-2-8-21(18(15)25)11-17(24)22-9-1-3-13(22)12-23/h5-7,10,13,15,20,23H,1-4,8-9,11-12H2/b10-7+/t13-,15+/m1/s1. The van der Waals surface area contributed by atoms with Crippen molar-refractivity contribution in [1.82, 2.24) is 14.5 Å². The average molecular weight is 462 g/mol. The maximum absolute atomic E-state index is 12.7. The van der Waals surface area contributed by atoms with Gasteiger partial charge in [0, 0.05) is 23.4 Å². The molecule has 2 amide bonds. The highest BCUT2D eigenvalue weighted by Gasteiger charge is 2.35. The number of carbonyl (C=O) groups excluding carboxylic acids is 2. The van der Waals surface area contributed by atoms with Crippen molar-refractivity contribution >= 4 is 50.9 Å².